The summed E-state index contributed by atoms with van der Waals surface area (Å²) >= 11 is 0. The van der Waals surface area contributed by atoms with Crippen LogP contribution in [0.5, 0.6) is 5.75 Å². The van der Waals surface area contributed by atoms with Crippen molar-refractivity contribution in [2.45, 2.75) is 75.9 Å². The maximum absolute atomic E-state index is 12.6. The molecular weight excluding hydrogens is 388 g/mol. The summed E-state index contributed by atoms with van der Waals surface area (Å²) in [5.74, 6) is 1.28. The largest absolute Gasteiger partial charge is 0.487 e. The van der Waals surface area contributed by atoms with E-state index in [4.69, 9.17) is 4.74 Å². The van der Waals surface area contributed by atoms with E-state index in [1.807, 2.05) is 25.1 Å². The molecule has 1 N–H and O–H groups in total. The lowest BCUT2D eigenvalue weighted by atomic mass is 9.76. The number of carbonyl (C=O) groups is 1. The van der Waals surface area contributed by atoms with Gasteiger partial charge in [-0.25, -0.2) is 12.7 Å². The molecule has 0 bridgehead atoms. The summed E-state index contributed by atoms with van der Waals surface area (Å²) in [5, 5.41) is 3.16. The van der Waals surface area contributed by atoms with Crippen LogP contribution in [0.25, 0.3) is 0 Å². The summed E-state index contributed by atoms with van der Waals surface area (Å²) in [6.45, 7) is 2.88. The van der Waals surface area contributed by atoms with Crippen LogP contribution in [0.1, 0.15) is 69.8 Å². The highest BCUT2D eigenvalue weighted by Crippen LogP contribution is 2.46. The van der Waals surface area contributed by atoms with Crippen molar-refractivity contribution in [3.05, 3.63) is 29.8 Å². The van der Waals surface area contributed by atoms with Gasteiger partial charge in [0.2, 0.25) is 15.9 Å². The monoisotopic (exact) mass is 420 g/mol. The molecule has 160 valence electrons. The van der Waals surface area contributed by atoms with Crippen molar-refractivity contribution >= 4 is 15.9 Å². The van der Waals surface area contributed by atoms with Crippen molar-refractivity contribution in [1.29, 1.82) is 0 Å². The Kier molecular flexibility index (Phi) is 5.89. The summed E-state index contributed by atoms with van der Waals surface area (Å²) in [6, 6.07) is 8.34. The van der Waals surface area contributed by atoms with Gasteiger partial charge in [-0.3, -0.25) is 4.79 Å². The molecular formula is C22H32N2O4S. The van der Waals surface area contributed by atoms with E-state index in [2.05, 4.69) is 11.4 Å². The minimum absolute atomic E-state index is 0.110. The van der Waals surface area contributed by atoms with Crippen LogP contribution in [-0.4, -0.2) is 49.1 Å². The molecule has 2 fully saturated rings. The number of benzene rings is 1. The van der Waals surface area contributed by atoms with Gasteiger partial charge in [0.15, 0.2) is 0 Å². The summed E-state index contributed by atoms with van der Waals surface area (Å²) in [6.07, 6.45) is 6.58. The van der Waals surface area contributed by atoms with E-state index < -0.39 is 10.0 Å². The van der Waals surface area contributed by atoms with Gasteiger partial charge in [-0.2, -0.15) is 0 Å². The standard InChI is InChI=1S/C22H32N2O4S/c1-2-14-29(26,27)24-12-10-22(11-13-24)16-17(15-21(25)23-18-6-5-7-18)19-8-3-4-9-20(19)28-22/h3-4,8-9,17-18H,2,5-7,10-16H2,1H3,(H,23,25). The lowest BCUT2D eigenvalue weighted by Crippen LogP contribution is -2.52. The quantitative estimate of drug-likeness (QED) is 0.767. The zero-order valence-corrected chi connectivity index (χ0v) is 18.0. The average molecular weight is 421 g/mol. The van der Waals surface area contributed by atoms with Gasteiger partial charge >= 0.3 is 0 Å². The summed E-state index contributed by atoms with van der Waals surface area (Å²) < 4.78 is 32.9. The number of sulfonamides is 1. The second kappa shape index (κ2) is 8.26. The van der Waals surface area contributed by atoms with Crippen molar-refractivity contribution in [2.75, 3.05) is 18.8 Å². The molecule has 0 radical (unpaired) electrons. The molecule has 1 aromatic carbocycles. The first-order chi connectivity index (χ1) is 13.9. The van der Waals surface area contributed by atoms with E-state index in [1.54, 1.807) is 4.31 Å². The van der Waals surface area contributed by atoms with Crippen LogP contribution in [-0.2, 0) is 14.8 Å². The molecule has 1 spiro atoms. The molecule has 1 amide bonds. The van der Waals surface area contributed by atoms with E-state index in [0.29, 0.717) is 44.8 Å². The third-order valence-corrected chi connectivity index (χ3v) is 8.77. The normalized spacial score (nSPS) is 24.4. The molecule has 6 nitrogen and oxygen atoms in total. The van der Waals surface area contributed by atoms with E-state index in [9.17, 15) is 13.2 Å². The second-order valence-electron chi connectivity index (χ2n) is 8.84. The van der Waals surface area contributed by atoms with Crippen molar-refractivity contribution in [3.63, 3.8) is 0 Å². The Morgan fingerprint density at radius 2 is 1.97 bits per heavy atom. The molecule has 1 saturated heterocycles. The Morgan fingerprint density at radius 1 is 1.24 bits per heavy atom. The van der Waals surface area contributed by atoms with Crippen LogP contribution in [0, 0.1) is 0 Å². The SMILES string of the molecule is CCCS(=O)(=O)N1CCC2(CC1)CC(CC(=O)NC1CCC1)c1ccccc1O2. The molecule has 2 aliphatic heterocycles. The van der Waals surface area contributed by atoms with Gasteiger partial charge in [0, 0.05) is 44.3 Å². The van der Waals surface area contributed by atoms with E-state index in [-0.39, 0.29) is 23.2 Å². The number of ether oxygens (including phenoxy) is 1. The number of rotatable bonds is 6. The minimum Gasteiger partial charge on any atom is -0.487 e. The fourth-order valence-corrected chi connectivity index (χ4v) is 6.37. The molecule has 2 heterocycles. The summed E-state index contributed by atoms with van der Waals surface area (Å²) in [7, 11) is -3.18. The Hall–Kier alpha value is -1.60. The van der Waals surface area contributed by atoms with Crippen molar-refractivity contribution in [3.8, 4) is 5.75 Å². The van der Waals surface area contributed by atoms with Crippen LogP contribution >= 0.6 is 0 Å². The highest BCUT2D eigenvalue weighted by atomic mass is 32.2. The van der Waals surface area contributed by atoms with Crippen molar-refractivity contribution < 1.29 is 17.9 Å². The number of nitrogens with one attached hydrogen (secondary N) is 1. The highest BCUT2D eigenvalue weighted by molar-refractivity contribution is 7.89. The van der Waals surface area contributed by atoms with Crippen molar-refractivity contribution in [1.82, 2.24) is 9.62 Å². The number of hydrogen-bond donors (Lipinski definition) is 1. The molecule has 3 aliphatic rings. The topological polar surface area (TPSA) is 75.7 Å². The lowest BCUT2D eigenvalue weighted by molar-refractivity contribution is -0.123. The molecule has 29 heavy (non-hydrogen) atoms. The molecule has 1 aliphatic carbocycles. The number of piperidine rings is 1. The average Bonchev–Trinajstić information content (AvgIpc) is 2.65. The van der Waals surface area contributed by atoms with Gasteiger partial charge in [-0.15, -0.1) is 0 Å². The van der Waals surface area contributed by atoms with Gasteiger partial charge < -0.3 is 10.1 Å². The molecule has 4 rings (SSSR count). The molecule has 1 atom stereocenters. The van der Waals surface area contributed by atoms with Gasteiger partial charge in [-0.05, 0) is 43.7 Å². The maximum atomic E-state index is 12.6. The first kappa shape index (κ1) is 20.7. The summed E-state index contributed by atoms with van der Waals surface area (Å²) in [5.41, 5.74) is 0.719. The Labute approximate surface area is 174 Å². The third kappa shape index (κ3) is 4.45. The lowest BCUT2D eigenvalue weighted by Gasteiger charge is -2.46. The van der Waals surface area contributed by atoms with E-state index >= 15 is 0 Å². The first-order valence-corrected chi connectivity index (χ1v) is 12.6. The molecule has 1 saturated carbocycles. The smallest absolute Gasteiger partial charge is 0.220 e. The highest BCUT2D eigenvalue weighted by Gasteiger charge is 2.45. The fourth-order valence-electron chi connectivity index (χ4n) is 4.85. The van der Waals surface area contributed by atoms with Crippen LogP contribution in [0.3, 0.4) is 0 Å². The Morgan fingerprint density at radius 3 is 2.62 bits per heavy atom. The summed E-state index contributed by atoms with van der Waals surface area (Å²) in [4.78, 5) is 12.6. The van der Waals surface area contributed by atoms with Gasteiger partial charge in [0.05, 0.1) is 5.75 Å². The van der Waals surface area contributed by atoms with Crippen molar-refractivity contribution in [2.24, 2.45) is 0 Å². The number of carbonyl (C=O) groups excluding carboxylic acids is 1. The fraction of sp³-hybridized carbons (Fsp3) is 0.682. The number of para-hydroxylation sites is 1. The van der Waals surface area contributed by atoms with Gasteiger partial charge in [0.1, 0.15) is 11.4 Å². The van der Waals surface area contributed by atoms with E-state index in [1.165, 1.54) is 6.42 Å². The van der Waals surface area contributed by atoms with Crippen LogP contribution in [0.15, 0.2) is 24.3 Å². The van der Waals surface area contributed by atoms with Gasteiger partial charge in [-0.1, -0.05) is 25.1 Å². The molecule has 0 aromatic heterocycles. The molecule has 7 heteroatoms. The Balaban J connectivity index is 1.47. The minimum atomic E-state index is -3.18. The predicted molar refractivity (Wildman–Crippen MR) is 112 cm³/mol. The molecule has 1 aromatic rings. The Bertz CT molecular complexity index is 842. The zero-order chi connectivity index (χ0) is 20.5. The molecule has 1 unspecified atom stereocenters. The van der Waals surface area contributed by atoms with Crippen LogP contribution in [0.2, 0.25) is 0 Å². The number of nitrogens with zero attached hydrogens (tertiary/aromatic N) is 1. The number of amides is 1. The van der Waals surface area contributed by atoms with E-state index in [0.717, 1.165) is 30.6 Å². The number of fused-ring (bicyclic) bond motifs is 1. The zero-order valence-electron chi connectivity index (χ0n) is 17.2. The first-order valence-electron chi connectivity index (χ1n) is 11.0. The third-order valence-electron chi connectivity index (χ3n) is 6.69. The van der Waals surface area contributed by atoms with Crippen LogP contribution < -0.4 is 10.1 Å². The second-order valence-corrected chi connectivity index (χ2v) is 10.9. The maximum Gasteiger partial charge on any atom is 0.220 e. The van der Waals surface area contributed by atoms with Crippen LogP contribution in [0.4, 0.5) is 0 Å². The predicted octanol–water partition coefficient (Wildman–Crippen LogP) is 3.19. The van der Waals surface area contributed by atoms with Gasteiger partial charge in [0.25, 0.3) is 0 Å². The number of hydrogen-bond acceptors (Lipinski definition) is 4.